The van der Waals surface area contributed by atoms with E-state index in [4.69, 9.17) is 17.3 Å². The molecule has 5 nitrogen and oxygen atoms in total. The number of amides is 1. The van der Waals surface area contributed by atoms with Crippen LogP contribution in [0.25, 0.3) is 17.0 Å². The molecule has 3 aromatic rings. The normalized spacial score (nSPS) is 15.5. The fraction of sp³-hybridized carbons (Fsp3) is 0.174. The molecule has 7 heteroatoms. The maximum Gasteiger partial charge on any atom is 0.303 e. The van der Waals surface area contributed by atoms with Crippen LogP contribution < -0.4 is 0 Å². The lowest BCUT2D eigenvalue weighted by Gasteiger charge is -2.13. The van der Waals surface area contributed by atoms with Crippen LogP contribution in [0.2, 0.25) is 0 Å². The SMILES string of the molecule is O=C(O)CCCN1C(=O)C(=Cc2cn(Cc3ccccc3)c3ccccc23)SC1=S. The van der Waals surface area contributed by atoms with Crippen molar-refractivity contribution >= 4 is 57.2 Å². The van der Waals surface area contributed by atoms with Gasteiger partial charge in [0.1, 0.15) is 4.32 Å². The summed E-state index contributed by atoms with van der Waals surface area (Å²) in [6.45, 7) is 1.06. The topological polar surface area (TPSA) is 62.5 Å². The van der Waals surface area contributed by atoms with Crippen LogP contribution in [-0.2, 0) is 16.1 Å². The molecule has 0 atom stereocenters. The van der Waals surface area contributed by atoms with Crippen molar-refractivity contribution in [2.45, 2.75) is 19.4 Å². The van der Waals surface area contributed by atoms with Gasteiger partial charge in [0.25, 0.3) is 5.91 Å². The lowest BCUT2D eigenvalue weighted by atomic mass is 10.1. The summed E-state index contributed by atoms with van der Waals surface area (Å²) >= 11 is 6.62. The van der Waals surface area contributed by atoms with Gasteiger partial charge in [0.15, 0.2) is 0 Å². The summed E-state index contributed by atoms with van der Waals surface area (Å²) in [6, 6.07) is 18.4. The first-order valence-electron chi connectivity index (χ1n) is 9.62. The van der Waals surface area contributed by atoms with Crippen LogP contribution in [0.4, 0.5) is 0 Å². The first-order chi connectivity index (χ1) is 14.5. The molecule has 1 N–H and O–H groups in total. The Hall–Kier alpha value is -2.90. The smallest absolute Gasteiger partial charge is 0.303 e. The van der Waals surface area contributed by atoms with E-state index in [-0.39, 0.29) is 12.3 Å². The predicted octanol–water partition coefficient (Wildman–Crippen LogP) is 4.76. The van der Waals surface area contributed by atoms with E-state index in [9.17, 15) is 9.59 Å². The highest BCUT2D eigenvalue weighted by molar-refractivity contribution is 8.26. The van der Waals surface area contributed by atoms with Gasteiger partial charge in [0, 0.05) is 42.2 Å². The third kappa shape index (κ3) is 4.32. The number of aliphatic carboxylic acids is 1. The molecule has 1 aromatic heterocycles. The molecule has 0 spiro atoms. The second-order valence-electron chi connectivity index (χ2n) is 7.05. The average molecular weight is 437 g/mol. The number of aromatic nitrogens is 1. The molecule has 0 saturated carbocycles. The van der Waals surface area contributed by atoms with E-state index >= 15 is 0 Å². The fourth-order valence-corrected chi connectivity index (χ4v) is 4.82. The highest BCUT2D eigenvalue weighted by Crippen LogP contribution is 2.34. The Morgan fingerprint density at radius 2 is 1.83 bits per heavy atom. The van der Waals surface area contributed by atoms with E-state index in [1.165, 1.54) is 22.2 Å². The molecular formula is C23H20N2O3S2. The van der Waals surface area contributed by atoms with Gasteiger partial charge >= 0.3 is 5.97 Å². The minimum atomic E-state index is -0.873. The number of fused-ring (bicyclic) bond motifs is 1. The molecule has 2 heterocycles. The molecule has 1 aliphatic heterocycles. The summed E-state index contributed by atoms with van der Waals surface area (Å²) in [5.74, 6) is -1.03. The Morgan fingerprint density at radius 3 is 2.60 bits per heavy atom. The van der Waals surface area contributed by atoms with Crippen molar-refractivity contribution in [2.75, 3.05) is 6.54 Å². The number of benzene rings is 2. The van der Waals surface area contributed by atoms with Gasteiger partial charge in [-0.05, 0) is 24.1 Å². The fourth-order valence-electron chi connectivity index (χ4n) is 3.52. The van der Waals surface area contributed by atoms with E-state index in [2.05, 4.69) is 35.0 Å². The summed E-state index contributed by atoms with van der Waals surface area (Å²) in [6.07, 6.45) is 4.35. The highest BCUT2D eigenvalue weighted by Gasteiger charge is 2.31. The second kappa shape index (κ2) is 8.85. The first-order valence-corrected chi connectivity index (χ1v) is 10.8. The maximum absolute atomic E-state index is 12.8. The Labute approximate surface area is 184 Å². The summed E-state index contributed by atoms with van der Waals surface area (Å²) in [5.41, 5.74) is 3.27. The zero-order chi connectivity index (χ0) is 21.1. The van der Waals surface area contributed by atoms with Gasteiger partial charge in [-0.3, -0.25) is 14.5 Å². The molecule has 1 amide bonds. The molecule has 1 saturated heterocycles. The molecule has 152 valence electrons. The molecule has 0 unspecified atom stereocenters. The van der Waals surface area contributed by atoms with Crippen molar-refractivity contribution in [3.63, 3.8) is 0 Å². The number of hydrogen-bond donors (Lipinski definition) is 1. The van der Waals surface area contributed by atoms with E-state index in [0.717, 1.165) is 23.0 Å². The predicted molar refractivity (Wildman–Crippen MR) is 124 cm³/mol. The highest BCUT2D eigenvalue weighted by atomic mass is 32.2. The summed E-state index contributed by atoms with van der Waals surface area (Å²) in [7, 11) is 0. The van der Waals surface area contributed by atoms with Gasteiger partial charge < -0.3 is 9.67 Å². The zero-order valence-electron chi connectivity index (χ0n) is 16.2. The van der Waals surface area contributed by atoms with Gasteiger partial charge in [-0.25, -0.2) is 0 Å². The van der Waals surface area contributed by atoms with Gasteiger partial charge in [0.05, 0.1) is 4.91 Å². The third-order valence-electron chi connectivity index (χ3n) is 4.95. The molecule has 2 aromatic carbocycles. The number of rotatable bonds is 7. The second-order valence-corrected chi connectivity index (χ2v) is 8.72. The molecular weight excluding hydrogens is 416 g/mol. The third-order valence-corrected chi connectivity index (χ3v) is 6.33. The van der Waals surface area contributed by atoms with Crippen LogP contribution in [0.1, 0.15) is 24.0 Å². The first kappa shape index (κ1) is 20.4. The van der Waals surface area contributed by atoms with E-state index in [0.29, 0.717) is 22.2 Å². The van der Waals surface area contributed by atoms with Gasteiger partial charge in [-0.1, -0.05) is 72.5 Å². The van der Waals surface area contributed by atoms with E-state index in [1.807, 2.05) is 36.4 Å². The number of thioether (sulfide) groups is 1. The van der Waals surface area contributed by atoms with Crippen LogP contribution in [0, 0.1) is 0 Å². The molecule has 0 aliphatic carbocycles. The Balaban J connectivity index is 1.62. The van der Waals surface area contributed by atoms with Crippen LogP contribution in [0.15, 0.2) is 65.7 Å². The van der Waals surface area contributed by atoms with Gasteiger partial charge in [-0.2, -0.15) is 0 Å². The minimum absolute atomic E-state index is 0.0169. The van der Waals surface area contributed by atoms with Crippen molar-refractivity contribution < 1.29 is 14.7 Å². The van der Waals surface area contributed by atoms with E-state index in [1.54, 1.807) is 0 Å². The molecule has 0 radical (unpaired) electrons. The molecule has 1 aliphatic rings. The van der Waals surface area contributed by atoms with Crippen LogP contribution in [0.3, 0.4) is 0 Å². The largest absolute Gasteiger partial charge is 0.481 e. The van der Waals surface area contributed by atoms with Crippen LogP contribution >= 0.6 is 24.0 Å². The Kier molecular flexibility index (Phi) is 6.01. The molecule has 1 fully saturated rings. The lowest BCUT2D eigenvalue weighted by Crippen LogP contribution is -2.29. The van der Waals surface area contributed by atoms with Crippen LogP contribution in [0.5, 0.6) is 0 Å². The van der Waals surface area contributed by atoms with Gasteiger partial charge in [-0.15, -0.1) is 0 Å². The number of hydrogen-bond acceptors (Lipinski definition) is 4. The van der Waals surface area contributed by atoms with Crippen molar-refractivity contribution in [1.29, 1.82) is 0 Å². The monoisotopic (exact) mass is 436 g/mol. The number of carbonyl (C=O) groups excluding carboxylic acids is 1. The number of carbonyl (C=O) groups is 2. The standard InChI is InChI=1S/C23H20N2O3S2/c26-21(27)11-6-12-25-22(28)20(30-23(25)29)13-17-15-24(14-16-7-2-1-3-8-16)19-10-5-4-9-18(17)19/h1-5,7-10,13,15H,6,11-12,14H2,(H,26,27). The average Bonchev–Trinajstić information content (AvgIpc) is 3.21. The zero-order valence-corrected chi connectivity index (χ0v) is 17.8. The molecule has 30 heavy (non-hydrogen) atoms. The maximum atomic E-state index is 12.8. The Bertz CT molecular complexity index is 1150. The number of carboxylic acids is 1. The van der Waals surface area contributed by atoms with Crippen molar-refractivity contribution in [1.82, 2.24) is 9.47 Å². The molecule has 0 bridgehead atoms. The van der Waals surface area contributed by atoms with Crippen LogP contribution in [-0.4, -0.2) is 37.3 Å². The van der Waals surface area contributed by atoms with Gasteiger partial charge in [0.2, 0.25) is 0 Å². The molecule has 4 rings (SSSR count). The number of para-hydroxylation sites is 1. The van der Waals surface area contributed by atoms with Crippen molar-refractivity contribution in [3.05, 3.63) is 76.8 Å². The number of thiocarbonyl (C=S) groups is 1. The van der Waals surface area contributed by atoms with Crippen molar-refractivity contribution in [2.24, 2.45) is 0 Å². The summed E-state index contributed by atoms with van der Waals surface area (Å²) < 4.78 is 2.66. The number of nitrogens with zero attached hydrogens (tertiary/aromatic N) is 2. The number of carboxylic acid groups (broad SMARTS) is 1. The van der Waals surface area contributed by atoms with Crippen molar-refractivity contribution in [3.8, 4) is 0 Å². The quantitative estimate of drug-likeness (QED) is 0.428. The van der Waals surface area contributed by atoms with E-state index < -0.39 is 5.97 Å². The summed E-state index contributed by atoms with van der Waals surface area (Å²) in [5, 5.41) is 9.89. The summed E-state index contributed by atoms with van der Waals surface area (Å²) in [4.78, 5) is 25.6. The lowest BCUT2D eigenvalue weighted by molar-refractivity contribution is -0.137. The Morgan fingerprint density at radius 1 is 1.10 bits per heavy atom. The minimum Gasteiger partial charge on any atom is -0.481 e.